The maximum absolute atomic E-state index is 13.3. The van der Waals surface area contributed by atoms with Crippen LogP contribution < -0.4 is 0 Å². The highest BCUT2D eigenvalue weighted by Gasteiger charge is 2.06. The standard InChI is InChI=1S/C10H8BrFN2/c1-7-8(11)6-14(13-7)10-5-3-2-4-9(10)12/h2-6H,1H3. The summed E-state index contributed by atoms with van der Waals surface area (Å²) in [5.41, 5.74) is 1.30. The van der Waals surface area contributed by atoms with E-state index in [0.29, 0.717) is 5.69 Å². The Balaban J connectivity index is 2.55. The van der Waals surface area contributed by atoms with Gasteiger partial charge >= 0.3 is 0 Å². The molecule has 0 amide bonds. The van der Waals surface area contributed by atoms with Crippen LogP contribution in [0.5, 0.6) is 0 Å². The van der Waals surface area contributed by atoms with Crippen molar-refractivity contribution < 1.29 is 4.39 Å². The van der Waals surface area contributed by atoms with Gasteiger partial charge in [0.15, 0.2) is 0 Å². The zero-order valence-corrected chi connectivity index (χ0v) is 9.12. The molecule has 0 fully saturated rings. The van der Waals surface area contributed by atoms with Crippen LogP contribution in [0.1, 0.15) is 5.69 Å². The molecular weight excluding hydrogens is 247 g/mol. The van der Waals surface area contributed by atoms with Gasteiger partial charge in [-0.2, -0.15) is 5.10 Å². The third-order valence-corrected chi connectivity index (χ3v) is 2.72. The summed E-state index contributed by atoms with van der Waals surface area (Å²) in [4.78, 5) is 0. The van der Waals surface area contributed by atoms with Crippen LogP contribution in [0.25, 0.3) is 5.69 Å². The van der Waals surface area contributed by atoms with Crippen LogP contribution in [0.4, 0.5) is 4.39 Å². The van der Waals surface area contributed by atoms with Crippen LogP contribution in [0, 0.1) is 12.7 Å². The molecule has 0 aliphatic carbocycles. The molecule has 0 saturated carbocycles. The van der Waals surface area contributed by atoms with Crippen molar-refractivity contribution in [3.8, 4) is 5.69 Å². The van der Waals surface area contributed by atoms with Crippen LogP contribution in [-0.4, -0.2) is 9.78 Å². The Labute approximate surface area is 89.5 Å². The van der Waals surface area contributed by atoms with E-state index in [1.165, 1.54) is 10.7 Å². The minimum Gasteiger partial charge on any atom is -0.237 e. The average Bonchev–Trinajstić information content (AvgIpc) is 2.48. The van der Waals surface area contributed by atoms with E-state index in [1.54, 1.807) is 24.4 Å². The first kappa shape index (κ1) is 9.40. The second-order valence-electron chi connectivity index (χ2n) is 2.96. The number of hydrogen-bond acceptors (Lipinski definition) is 1. The normalized spacial score (nSPS) is 10.5. The highest BCUT2D eigenvalue weighted by molar-refractivity contribution is 9.10. The number of para-hydroxylation sites is 1. The maximum atomic E-state index is 13.3. The van der Waals surface area contributed by atoms with Crippen molar-refractivity contribution in [1.82, 2.24) is 9.78 Å². The second-order valence-corrected chi connectivity index (χ2v) is 3.81. The molecule has 0 unspecified atom stereocenters. The van der Waals surface area contributed by atoms with Gasteiger partial charge in [-0.15, -0.1) is 0 Å². The zero-order valence-electron chi connectivity index (χ0n) is 7.54. The Morgan fingerprint density at radius 3 is 2.64 bits per heavy atom. The summed E-state index contributed by atoms with van der Waals surface area (Å²) in [6.07, 6.45) is 1.74. The molecular formula is C10H8BrFN2. The Kier molecular flexibility index (Phi) is 2.37. The van der Waals surface area contributed by atoms with E-state index in [-0.39, 0.29) is 5.82 Å². The molecule has 0 saturated heterocycles. The van der Waals surface area contributed by atoms with E-state index in [9.17, 15) is 4.39 Å². The SMILES string of the molecule is Cc1nn(-c2ccccc2F)cc1Br. The molecule has 0 atom stereocenters. The molecule has 0 bridgehead atoms. The van der Waals surface area contributed by atoms with Gasteiger partial charge in [0.05, 0.1) is 10.2 Å². The van der Waals surface area contributed by atoms with E-state index in [2.05, 4.69) is 21.0 Å². The zero-order chi connectivity index (χ0) is 10.1. The fraction of sp³-hybridized carbons (Fsp3) is 0.100. The second kappa shape index (κ2) is 3.53. The van der Waals surface area contributed by atoms with Gasteiger partial charge in [0.25, 0.3) is 0 Å². The molecule has 2 rings (SSSR count). The lowest BCUT2D eigenvalue weighted by atomic mass is 10.3. The number of aryl methyl sites for hydroxylation is 1. The van der Waals surface area contributed by atoms with Gasteiger partial charge in [0, 0.05) is 6.20 Å². The van der Waals surface area contributed by atoms with Crippen LogP contribution in [0.15, 0.2) is 34.9 Å². The summed E-state index contributed by atoms with van der Waals surface area (Å²) in [6, 6.07) is 6.54. The molecule has 2 aromatic rings. The molecule has 2 nitrogen and oxygen atoms in total. The summed E-state index contributed by atoms with van der Waals surface area (Å²) < 4.78 is 15.7. The van der Waals surface area contributed by atoms with Crippen molar-refractivity contribution in [3.05, 3.63) is 46.4 Å². The molecule has 1 heterocycles. The topological polar surface area (TPSA) is 17.8 Å². The first-order chi connectivity index (χ1) is 6.68. The molecule has 0 aliphatic rings. The van der Waals surface area contributed by atoms with Gasteiger partial charge in [-0.1, -0.05) is 12.1 Å². The van der Waals surface area contributed by atoms with Gasteiger partial charge in [-0.3, -0.25) is 0 Å². The van der Waals surface area contributed by atoms with Gasteiger partial charge in [-0.25, -0.2) is 9.07 Å². The fourth-order valence-corrected chi connectivity index (χ4v) is 1.47. The van der Waals surface area contributed by atoms with Crippen LogP contribution in [0.2, 0.25) is 0 Å². The van der Waals surface area contributed by atoms with Gasteiger partial charge < -0.3 is 0 Å². The summed E-state index contributed by atoms with van der Waals surface area (Å²) >= 11 is 3.33. The number of aromatic nitrogens is 2. The summed E-state index contributed by atoms with van der Waals surface area (Å²) in [6.45, 7) is 1.86. The lowest BCUT2D eigenvalue weighted by Gasteiger charge is -2.01. The van der Waals surface area contributed by atoms with Crippen molar-refractivity contribution in [2.24, 2.45) is 0 Å². The Morgan fingerprint density at radius 2 is 2.07 bits per heavy atom. The van der Waals surface area contributed by atoms with Crippen molar-refractivity contribution in [2.75, 3.05) is 0 Å². The van der Waals surface area contributed by atoms with E-state index >= 15 is 0 Å². The first-order valence-electron chi connectivity index (χ1n) is 4.15. The summed E-state index contributed by atoms with van der Waals surface area (Å²) in [7, 11) is 0. The highest BCUT2D eigenvalue weighted by Crippen LogP contribution is 2.18. The van der Waals surface area contributed by atoms with E-state index in [4.69, 9.17) is 0 Å². The minimum atomic E-state index is -0.275. The molecule has 1 aromatic heterocycles. The average molecular weight is 255 g/mol. The quantitative estimate of drug-likeness (QED) is 0.765. The Hall–Kier alpha value is -1.16. The van der Waals surface area contributed by atoms with Crippen molar-refractivity contribution in [3.63, 3.8) is 0 Å². The molecule has 1 aromatic carbocycles. The summed E-state index contributed by atoms with van der Waals surface area (Å²) in [5.74, 6) is -0.275. The van der Waals surface area contributed by atoms with Crippen LogP contribution in [-0.2, 0) is 0 Å². The van der Waals surface area contributed by atoms with E-state index < -0.39 is 0 Å². The predicted octanol–water partition coefficient (Wildman–Crippen LogP) is 3.08. The number of nitrogens with zero attached hydrogens (tertiary/aromatic N) is 2. The lowest BCUT2D eigenvalue weighted by molar-refractivity contribution is 0.610. The van der Waals surface area contributed by atoms with E-state index in [1.807, 2.05) is 6.92 Å². The molecule has 0 spiro atoms. The number of benzene rings is 1. The van der Waals surface area contributed by atoms with Gasteiger partial charge in [-0.05, 0) is 35.0 Å². The lowest BCUT2D eigenvalue weighted by Crippen LogP contribution is -1.97. The molecule has 0 radical (unpaired) electrons. The molecule has 4 heteroatoms. The third kappa shape index (κ3) is 1.57. The van der Waals surface area contributed by atoms with Crippen LogP contribution >= 0.6 is 15.9 Å². The molecule has 0 aliphatic heterocycles. The van der Waals surface area contributed by atoms with Crippen molar-refractivity contribution >= 4 is 15.9 Å². The number of halogens is 2. The van der Waals surface area contributed by atoms with E-state index in [0.717, 1.165) is 10.2 Å². The Morgan fingerprint density at radius 1 is 1.36 bits per heavy atom. The molecule has 0 N–H and O–H groups in total. The largest absolute Gasteiger partial charge is 0.237 e. The van der Waals surface area contributed by atoms with Gasteiger partial charge in [0.2, 0.25) is 0 Å². The minimum absolute atomic E-state index is 0.275. The maximum Gasteiger partial charge on any atom is 0.148 e. The third-order valence-electron chi connectivity index (χ3n) is 1.94. The number of hydrogen-bond donors (Lipinski definition) is 0. The van der Waals surface area contributed by atoms with Crippen molar-refractivity contribution in [2.45, 2.75) is 6.92 Å². The van der Waals surface area contributed by atoms with Crippen LogP contribution in [0.3, 0.4) is 0 Å². The smallest absolute Gasteiger partial charge is 0.148 e. The number of rotatable bonds is 1. The first-order valence-corrected chi connectivity index (χ1v) is 4.94. The van der Waals surface area contributed by atoms with Crippen molar-refractivity contribution in [1.29, 1.82) is 0 Å². The predicted molar refractivity (Wildman–Crippen MR) is 56.0 cm³/mol. The molecule has 14 heavy (non-hydrogen) atoms. The highest BCUT2D eigenvalue weighted by atomic mass is 79.9. The summed E-state index contributed by atoms with van der Waals surface area (Å²) in [5, 5.41) is 4.17. The molecule has 72 valence electrons. The van der Waals surface area contributed by atoms with Gasteiger partial charge in [0.1, 0.15) is 11.5 Å². The fourth-order valence-electron chi connectivity index (χ4n) is 1.20. The monoisotopic (exact) mass is 254 g/mol. The Bertz CT molecular complexity index is 445.